The lowest BCUT2D eigenvalue weighted by Crippen LogP contribution is -2.32. The summed E-state index contributed by atoms with van der Waals surface area (Å²) in [5, 5.41) is 10.3. The zero-order valence-electron chi connectivity index (χ0n) is 16.0. The Morgan fingerprint density at radius 1 is 1.14 bits per heavy atom. The highest BCUT2D eigenvalue weighted by molar-refractivity contribution is 7.99. The summed E-state index contributed by atoms with van der Waals surface area (Å²) < 4.78 is 7.47. The fourth-order valence-corrected chi connectivity index (χ4v) is 3.71. The molecule has 3 aromatic rings. The van der Waals surface area contributed by atoms with E-state index < -0.39 is 0 Å². The van der Waals surface area contributed by atoms with Gasteiger partial charge in [0.15, 0.2) is 11.0 Å². The quantitative estimate of drug-likeness (QED) is 0.475. The summed E-state index contributed by atoms with van der Waals surface area (Å²) in [6.07, 6.45) is 0. The van der Waals surface area contributed by atoms with Gasteiger partial charge in [0.2, 0.25) is 5.91 Å². The van der Waals surface area contributed by atoms with Gasteiger partial charge < -0.3 is 14.2 Å². The minimum Gasteiger partial charge on any atom is -0.492 e. The third-order valence-electron chi connectivity index (χ3n) is 4.21. The minimum atomic E-state index is -0.0167. The van der Waals surface area contributed by atoms with Gasteiger partial charge in [-0.2, -0.15) is 0 Å². The van der Waals surface area contributed by atoms with Crippen molar-refractivity contribution in [2.75, 3.05) is 26.0 Å². The van der Waals surface area contributed by atoms with Gasteiger partial charge in [0, 0.05) is 24.7 Å². The van der Waals surface area contributed by atoms with Crippen molar-refractivity contribution in [2.24, 2.45) is 7.05 Å². The van der Waals surface area contributed by atoms with Crippen LogP contribution in [0.1, 0.15) is 0 Å². The second kappa shape index (κ2) is 10.0. The van der Waals surface area contributed by atoms with E-state index in [4.69, 9.17) is 27.9 Å². The van der Waals surface area contributed by atoms with Crippen molar-refractivity contribution in [3.63, 3.8) is 0 Å². The first-order chi connectivity index (χ1) is 14.0. The normalized spacial score (nSPS) is 10.8. The number of halogens is 2. The summed E-state index contributed by atoms with van der Waals surface area (Å²) in [7, 11) is 3.61. The van der Waals surface area contributed by atoms with Crippen molar-refractivity contribution in [2.45, 2.75) is 5.16 Å². The van der Waals surface area contributed by atoms with Gasteiger partial charge in [-0.15, -0.1) is 10.2 Å². The zero-order valence-corrected chi connectivity index (χ0v) is 18.3. The Morgan fingerprint density at radius 2 is 1.86 bits per heavy atom. The van der Waals surface area contributed by atoms with E-state index in [0.717, 1.165) is 11.3 Å². The maximum Gasteiger partial charge on any atom is 0.232 e. The van der Waals surface area contributed by atoms with Crippen molar-refractivity contribution in [3.05, 3.63) is 58.6 Å². The number of hydrogen-bond acceptors (Lipinski definition) is 5. The largest absolute Gasteiger partial charge is 0.492 e. The van der Waals surface area contributed by atoms with Gasteiger partial charge in [-0.3, -0.25) is 4.79 Å². The number of amides is 1. The van der Waals surface area contributed by atoms with Crippen LogP contribution < -0.4 is 4.74 Å². The number of aromatic nitrogens is 3. The fraction of sp³-hybridized carbons (Fsp3) is 0.250. The first-order valence-electron chi connectivity index (χ1n) is 8.85. The Bertz CT molecular complexity index is 979. The lowest BCUT2D eigenvalue weighted by atomic mass is 10.2. The molecule has 29 heavy (non-hydrogen) atoms. The maximum absolute atomic E-state index is 12.4. The molecule has 0 saturated carbocycles. The van der Waals surface area contributed by atoms with Gasteiger partial charge in [-0.05, 0) is 36.4 Å². The highest BCUT2D eigenvalue weighted by atomic mass is 35.5. The first kappa shape index (κ1) is 21.5. The molecule has 6 nitrogen and oxygen atoms in total. The molecular weight excluding hydrogens is 431 g/mol. The maximum atomic E-state index is 12.4. The van der Waals surface area contributed by atoms with E-state index in [-0.39, 0.29) is 11.7 Å². The average Bonchev–Trinajstić information content (AvgIpc) is 3.08. The van der Waals surface area contributed by atoms with Gasteiger partial charge in [-0.25, -0.2) is 0 Å². The van der Waals surface area contributed by atoms with Crippen LogP contribution in [0.25, 0.3) is 11.4 Å². The number of hydrogen-bond donors (Lipinski definition) is 0. The smallest absolute Gasteiger partial charge is 0.232 e. The summed E-state index contributed by atoms with van der Waals surface area (Å²) in [4.78, 5) is 14.0. The van der Waals surface area contributed by atoms with Crippen LogP contribution in [-0.2, 0) is 11.8 Å². The topological polar surface area (TPSA) is 60.2 Å². The van der Waals surface area contributed by atoms with E-state index in [9.17, 15) is 4.79 Å². The van der Waals surface area contributed by atoms with E-state index in [0.29, 0.717) is 34.2 Å². The van der Waals surface area contributed by atoms with Gasteiger partial charge in [0.25, 0.3) is 0 Å². The number of nitrogens with zero attached hydrogens (tertiary/aromatic N) is 4. The predicted octanol–water partition coefficient (Wildman–Crippen LogP) is 4.42. The number of carbonyl (C=O) groups is 1. The number of likely N-dealkylation sites (N-methyl/N-ethyl adjacent to an activating group) is 1. The van der Waals surface area contributed by atoms with Crippen LogP contribution in [0.3, 0.4) is 0 Å². The SMILES string of the molecule is CN(CCOc1ccc(Cl)cc1)C(=O)CSc1nnc(-c2ccccc2Cl)n1C. The Kier molecular flexibility index (Phi) is 7.41. The Balaban J connectivity index is 1.50. The van der Waals surface area contributed by atoms with Gasteiger partial charge in [0.05, 0.1) is 17.3 Å². The van der Waals surface area contributed by atoms with Gasteiger partial charge in [0.1, 0.15) is 12.4 Å². The van der Waals surface area contributed by atoms with E-state index >= 15 is 0 Å². The van der Waals surface area contributed by atoms with Crippen LogP contribution >= 0.6 is 35.0 Å². The molecule has 2 aromatic carbocycles. The molecule has 0 saturated heterocycles. The van der Waals surface area contributed by atoms with Crippen LogP contribution in [0, 0.1) is 0 Å². The molecule has 9 heteroatoms. The molecule has 3 rings (SSSR count). The summed E-state index contributed by atoms with van der Waals surface area (Å²) in [5.74, 6) is 1.62. The van der Waals surface area contributed by atoms with E-state index in [1.54, 1.807) is 36.2 Å². The van der Waals surface area contributed by atoms with Crippen molar-refractivity contribution < 1.29 is 9.53 Å². The van der Waals surface area contributed by atoms with Crippen molar-refractivity contribution in [1.29, 1.82) is 0 Å². The van der Waals surface area contributed by atoms with Crippen molar-refractivity contribution >= 4 is 40.9 Å². The number of thioether (sulfide) groups is 1. The summed E-state index contributed by atoms with van der Waals surface area (Å²) in [6, 6.07) is 14.6. The molecule has 152 valence electrons. The van der Waals surface area contributed by atoms with E-state index in [2.05, 4.69) is 10.2 Å². The Labute approximate surface area is 183 Å². The first-order valence-corrected chi connectivity index (χ1v) is 10.6. The molecule has 0 bridgehead atoms. The van der Waals surface area contributed by atoms with Crippen LogP contribution in [0.5, 0.6) is 5.75 Å². The number of carbonyl (C=O) groups excluding carboxylic acids is 1. The third-order valence-corrected chi connectivity index (χ3v) is 5.80. The van der Waals surface area contributed by atoms with E-state index in [1.807, 2.05) is 35.9 Å². The molecule has 0 spiro atoms. The molecule has 0 aliphatic rings. The fourth-order valence-electron chi connectivity index (χ4n) is 2.51. The molecule has 0 aliphatic heterocycles. The van der Waals surface area contributed by atoms with Gasteiger partial charge in [-0.1, -0.05) is 47.1 Å². The van der Waals surface area contributed by atoms with Gasteiger partial charge >= 0.3 is 0 Å². The Morgan fingerprint density at radius 3 is 2.59 bits per heavy atom. The molecule has 0 fully saturated rings. The highest BCUT2D eigenvalue weighted by Crippen LogP contribution is 2.28. The minimum absolute atomic E-state index is 0.0167. The summed E-state index contributed by atoms with van der Waals surface area (Å²) >= 11 is 13.4. The molecule has 0 radical (unpaired) electrons. The monoisotopic (exact) mass is 450 g/mol. The molecule has 0 atom stereocenters. The van der Waals surface area contributed by atoms with Crippen molar-refractivity contribution in [1.82, 2.24) is 19.7 Å². The predicted molar refractivity (Wildman–Crippen MR) is 117 cm³/mol. The molecule has 1 aromatic heterocycles. The lowest BCUT2D eigenvalue weighted by Gasteiger charge is -2.17. The van der Waals surface area contributed by atoms with Crippen LogP contribution in [-0.4, -0.2) is 51.5 Å². The molecule has 1 amide bonds. The number of benzene rings is 2. The van der Waals surface area contributed by atoms with E-state index in [1.165, 1.54) is 11.8 Å². The number of ether oxygens (including phenoxy) is 1. The standard InChI is InChI=1S/C20H20Cl2N4O2S/c1-25(11-12-28-15-9-7-14(21)8-10-15)18(27)13-29-20-24-23-19(26(20)2)16-5-3-4-6-17(16)22/h3-10H,11-13H2,1-2H3. The Hall–Kier alpha value is -2.22. The molecule has 1 heterocycles. The van der Waals surface area contributed by atoms with Crippen LogP contribution in [0.4, 0.5) is 0 Å². The second-order valence-corrected chi connectivity index (χ2v) is 8.04. The zero-order chi connectivity index (χ0) is 20.8. The summed E-state index contributed by atoms with van der Waals surface area (Å²) in [6.45, 7) is 0.876. The van der Waals surface area contributed by atoms with Crippen molar-refractivity contribution in [3.8, 4) is 17.1 Å². The molecule has 0 N–H and O–H groups in total. The average molecular weight is 451 g/mol. The highest BCUT2D eigenvalue weighted by Gasteiger charge is 2.16. The molecule has 0 unspecified atom stereocenters. The van der Waals surface area contributed by atoms with Crippen LogP contribution in [0.15, 0.2) is 53.7 Å². The third kappa shape index (κ3) is 5.65. The molecule has 0 aliphatic carbocycles. The molecular formula is C20H20Cl2N4O2S. The van der Waals surface area contributed by atoms with Crippen LogP contribution in [0.2, 0.25) is 10.0 Å². The lowest BCUT2D eigenvalue weighted by molar-refractivity contribution is -0.127. The number of rotatable bonds is 8. The second-order valence-electron chi connectivity index (χ2n) is 6.25. The summed E-state index contributed by atoms with van der Waals surface area (Å²) in [5.41, 5.74) is 0.804.